The van der Waals surface area contributed by atoms with Crippen molar-refractivity contribution in [3.63, 3.8) is 0 Å². The van der Waals surface area contributed by atoms with Crippen molar-refractivity contribution in [3.05, 3.63) is 10.7 Å². The van der Waals surface area contributed by atoms with E-state index in [-0.39, 0.29) is 0 Å². The SMILES string of the molecule is CCOc1nc(SC)nc2c(Br)cnn12. The molecule has 0 bridgehead atoms. The molecule has 2 rings (SSSR count). The average Bonchev–Trinajstić information content (AvgIpc) is 2.61. The lowest BCUT2D eigenvalue weighted by Gasteiger charge is -2.05. The summed E-state index contributed by atoms with van der Waals surface area (Å²) in [6, 6.07) is 0.470. The molecule has 7 heteroatoms. The monoisotopic (exact) mass is 288 g/mol. The Balaban J connectivity index is 2.65. The van der Waals surface area contributed by atoms with Crippen LogP contribution in [0.3, 0.4) is 0 Å². The van der Waals surface area contributed by atoms with Crippen LogP contribution >= 0.6 is 27.7 Å². The molecule has 0 saturated carbocycles. The van der Waals surface area contributed by atoms with Crippen LogP contribution < -0.4 is 4.74 Å². The second-order valence-corrected chi connectivity index (χ2v) is 4.28. The van der Waals surface area contributed by atoms with Crippen molar-refractivity contribution >= 4 is 33.3 Å². The highest BCUT2D eigenvalue weighted by atomic mass is 79.9. The van der Waals surface area contributed by atoms with E-state index in [0.717, 1.165) is 10.1 Å². The molecule has 0 amide bonds. The summed E-state index contributed by atoms with van der Waals surface area (Å²) in [5, 5.41) is 4.80. The van der Waals surface area contributed by atoms with Crippen molar-refractivity contribution in [3.8, 4) is 6.01 Å². The van der Waals surface area contributed by atoms with E-state index >= 15 is 0 Å². The zero-order valence-electron chi connectivity index (χ0n) is 8.27. The fourth-order valence-corrected chi connectivity index (χ4v) is 1.82. The van der Waals surface area contributed by atoms with Crippen LogP contribution in [0.25, 0.3) is 5.65 Å². The van der Waals surface area contributed by atoms with Crippen LogP contribution in [0.15, 0.2) is 15.8 Å². The van der Waals surface area contributed by atoms with Crippen LogP contribution in [0, 0.1) is 0 Å². The predicted molar refractivity (Wildman–Crippen MR) is 61.4 cm³/mol. The maximum atomic E-state index is 5.39. The Morgan fingerprint density at radius 2 is 2.33 bits per heavy atom. The molecule has 0 radical (unpaired) electrons. The first-order valence-corrected chi connectivity index (χ1v) is 6.36. The largest absolute Gasteiger partial charge is 0.464 e. The fraction of sp³-hybridized carbons (Fsp3) is 0.375. The second kappa shape index (κ2) is 4.36. The van der Waals surface area contributed by atoms with E-state index in [1.165, 1.54) is 11.8 Å². The lowest BCUT2D eigenvalue weighted by molar-refractivity contribution is 0.298. The van der Waals surface area contributed by atoms with Gasteiger partial charge in [-0.2, -0.15) is 14.6 Å². The van der Waals surface area contributed by atoms with Gasteiger partial charge in [-0.15, -0.1) is 0 Å². The number of hydrogen-bond donors (Lipinski definition) is 0. The molecule has 2 aromatic heterocycles. The van der Waals surface area contributed by atoms with E-state index in [1.807, 2.05) is 13.2 Å². The van der Waals surface area contributed by atoms with Crippen LogP contribution in [-0.4, -0.2) is 32.4 Å². The van der Waals surface area contributed by atoms with E-state index in [2.05, 4.69) is 31.0 Å². The summed E-state index contributed by atoms with van der Waals surface area (Å²) in [6.07, 6.45) is 3.60. The van der Waals surface area contributed by atoms with Gasteiger partial charge in [0.25, 0.3) is 0 Å². The predicted octanol–water partition coefficient (Wildman–Crippen LogP) is 2.01. The number of fused-ring (bicyclic) bond motifs is 1. The highest BCUT2D eigenvalue weighted by molar-refractivity contribution is 9.10. The summed E-state index contributed by atoms with van der Waals surface area (Å²) in [5.74, 6) is 0. The molecular formula is C8H9BrN4OS. The maximum absolute atomic E-state index is 5.39. The molecule has 0 N–H and O–H groups in total. The Labute approximate surface area is 99.4 Å². The molecule has 0 aliphatic heterocycles. The highest BCUT2D eigenvalue weighted by Gasteiger charge is 2.11. The van der Waals surface area contributed by atoms with Gasteiger partial charge in [-0.05, 0) is 29.1 Å². The minimum Gasteiger partial charge on any atom is -0.464 e. The van der Waals surface area contributed by atoms with Gasteiger partial charge in [0.2, 0.25) is 0 Å². The van der Waals surface area contributed by atoms with Gasteiger partial charge in [-0.1, -0.05) is 11.8 Å². The quantitative estimate of drug-likeness (QED) is 0.809. The van der Waals surface area contributed by atoms with Gasteiger partial charge in [0.05, 0.1) is 17.3 Å². The lowest BCUT2D eigenvalue weighted by atomic mass is 10.7. The van der Waals surface area contributed by atoms with Gasteiger partial charge in [0.1, 0.15) is 0 Å². The van der Waals surface area contributed by atoms with E-state index in [9.17, 15) is 0 Å². The molecule has 0 atom stereocenters. The van der Waals surface area contributed by atoms with Crippen LogP contribution in [0.4, 0.5) is 0 Å². The third-order valence-electron chi connectivity index (χ3n) is 1.73. The smallest absolute Gasteiger partial charge is 0.322 e. The van der Waals surface area contributed by atoms with Crippen molar-refractivity contribution in [2.24, 2.45) is 0 Å². The van der Waals surface area contributed by atoms with E-state index in [4.69, 9.17) is 4.74 Å². The second-order valence-electron chi connectivity index (χ2n) is 2.65. The number of aromatic nitrogens is 4. The average molecular weight is 289 g/mol. The van der Waals surface area contributed by atoms with Crippen molar-refractivity contribution in [2.75, 3.05) is 12.9 Å². The van der Waals surface area contributed by atoms with Crippen LogP contribution in [0.5, 0.6) is 6.01 Å². The van der Waals surface area contributed by atoms with Gasteiger partial charge in [-0.25, -0.2) is 4.98 Å². The summed E-state index contributed by atoms with van der Waals surface area (Å²) in [7, 11) is 0. The zero-order valence-corrected chi connectivity index (χ0v) is 10.7. The van der Waals surface area contributed by atoms with Crippen molar-refractivity contribution in [2.45, 2.75) is 12.1 Å². The van der Waals surface area contributed by atoms with Gasteiger partial charge in [-0.3, -0.25) is 0 Å². The Kier molecular flexibility index (Phi) is 3.11. The van der Waals surface area contributed by atoms with Gasteiger partial charge >= 0.3 is 6.01 Å². The first-order chi connectivity index (χ1) is 7.26. The number of hydrogen-bond acceptors (Lipinski definition) is 5. The van der Waals surface area contributed by atoms with Crippen LogP contribution in [0.2, 0.25) is 0 Å². The minimum atomic E-state index is 0.470. The summed E-state index contributed by atoms with van der Waals surface area (Å²) < 4.78 is 7.80. The van der Waals surface area contributed by atoms with Gasteiger partial charge in [0, 0.05) is 0 Å². The van der Waals surface area contributed by atoms with Gasteiger partial charge in [0.15, 0.2) is 10.8 Å². The number of nitrogens with zero attached hydrogens (tertiary/aromatic N) is 4. The van der Waals surface area contributed by atoms with Crippen LogP contribution in [-0.2, 0) is 0 Å². The topological polar surface area (TPSA) is 52.3 Å². The molecule has 0 aromatic carbocycles. The van der Waals surface area contributed by atoms with E-state index in [0.29, 0.717) is 17.8 Å². The molecule has 0 saturated heterocycles. The lowest BCUT2D eigenvalue weighted by Crippen LogP contribution is -2.05. The molecule has 15 heavy (non-hydrogen) atoms. The van der Waals surface area contributed by atoms with E-state index < -0.39 is 0 Å². The summed E-state index contributed by atoms with van der Waals surface area (Å²) in [6.45, 7) is 2.46. The molecule has 2 heterocycles. The number of thioether (sulfide) groups is 1. The maximum Gasteiger partial charge on any atom is 0.322 e. The summed E-state index contributed by atoms with van der Waals surface area (Å²) in [4.78, 5) is 8.55. The molecule has 2 aromatic rings. The molecule has 0 fully saturated rings. The first-order valence-electron chi connectivity index (χ1n) is 4.34. The third kappa shape index (κ3) is 1.93. The Hall–Kier alpha value is -0.820. The number of halogens is 1. The van der Waals surface area contributed by atoms with Gasteiger partial charge < -0.3 is 4.74 Å². The Morgan fingerprint density at radius 1 is 1.53 bits per heavy atom. The number of rotatable bonds is 3. The molecule has 0 aliphatic carbocycles. The fourth-order valence-electron chi connectivity index (χ4n) is 1.12. The molecule has 5 nitrogen and oxygen atoms in total. The molecule has 0 spiro atoms. The Morgan fingerprint density at radius 3 is 3.00 bits per heavy atom. The van der Waals surface area contributed by atoms with Crippen LogP contribution in [0.1, 0.15) is 6.92 Å². The van der Waals surface area contributed by atoms with Crippen molar-refractivity contribution in [1.29, 1.82) is 0 Å². The zero-order chi connectivity index (χ0) is 10.8. The molecular weight excluding hydrogens is 280 g/mol. The minimum absolute atomic E-state index is 0.470. The van der Waals surface area contributed by atoms with Crippen molar-refractivity contribution in [1.82, 2.24) is 19.6 Å². The summed E-state index contributed by atoms with van der Waals surface area (Å²) >= 11 is 4.85. The molecule has 0 unspecified atom stereocenters. The highest BCUT2D eigenvalue weighted by Crippen LogP contribution is 2.22. The third-order valence-corrected chi connectivity index (χ3v) is 2.84. The number of ether oxygens (including phenoxy) is 1. The standard InChI is InChI=1S/C8H9BrN4OS/c1-3-14-8-12-7(15-2)11-6-5(9)4-10-13(6)8/h4H,3H2,1-2H3. The van der Waals surface area contributed by atoms with E-state index in [1.54, 1.807) is 10.7 Å². The van der Waals surface area contributed by atoms with Crippen molar-refractivity contribution < 1.29 is 4.74 Å². The normalized spacial score (nSPS) is 10.9. The Bertz CT molecular complexity index is 487. The molecule has 0 aliphatic rings. The summed E-state index contributed by atoms with van der Waals surface area (Å²) in [5.41, 5.74) is 0.720. The first kappa shape index (κ1) is 10.7. The molecule has 80 valence electrons.